The third-order valence-electron chi connectivity index (χ3n) is 1.06. The van der Waals surface area contributed by atoms with Crippen LogP contribution in [0.1, 0.15) is 19.8 Å². The predicted molar refractivity (Wildman–Crippen MR) is 37.0 cm³/mol. The molecule has 10 heavy (non-hydrogen) atoms. The fraction of sp³-hybridized carbons (Fsp3) is 0.800. The number of azide groups is 1. The minimum atomic E-state index is -0.361. The second-order valence-electron chi connectivity index (χ2n) is 2.06. The lowest BCUT2D eigenvalue weighted by Gasteiger charge is -1.98. The second kappa shape index (κ2) is 4.64. The zero-order valence-electron chi connectivity index (χ0n) is 5.82. The second-order valence-corrected chi connectivity index (χ2v) is 2.06. The Morgan fingerprint density at radius 1 is 1.90 bits per heavy atom. The molecule has 0 saturated heterocycles. The molecule has 0 bridgehead atoms. The molecule has 0 aromatic rings. The van der Waals surface area contributed by atoms with Crippen LogP contribution >= 0.6 is 0 Å². The maximum Gasteiger partial charge on any atom is 0.217 e. The van der Waals surface area contributed by atoms with Gasteiger partial charge in [-0.2, -0.15) is 0 Å². The molecule has 0 radical (unpaired) electrons. The summed E-state index contributed by atoms with van der Waals surface area (Å²) in [5.74, 6) is -0.361. The molecule has 0 rings (SSSR count). The highest BCUT2D eigenvalue weighted by Crippen LogP contribution is 1.99. The van der Waals surface area contributed by atoms with Gasteiger partial charge in [-0.3, -0.25) is 4.79 Å². The highest BCUT2D eigenvalue weighted by atomic mass is 16.1. The van der Waals surface area contributed by atoms with Crippen molar-refractivity contribution in [3.8, 4) is 0 Å². The van der Waals surface area contributed by atoms with Crippen molar-refractivity contribution >= 4 is 5.91 Å². The first-order valence-electron chi connectivity index (χ1n) is 2.99. The Balaban J connectivity index is 3.48. The van der Waals surface area contributed by atoms with E-state index in [1.807, 2.05) is 0 Å². The van der Waals surface area contributed by atoms with E-state index in [-0.39, 0.29) is 18.4 Å². The molecule has 0 aliphatic carbocycles. The molecule has 5 heteroatoms. The molecule has 0 fully saturated rings. The summed E-state index contributed by atoms with van der Waals surface area (Å²) in [6.45, 7) is 1.74. The Kier molecular flexibility index (Phi) is 4.07. The van der Waals surface area contributed by atoms with Gasteiger partial charge in [0.05, 0.1) is 0 Å². The SMILES string of the molecule is CC(CCC(N)=O)N=[N+]=[N-]. The van der Waals surface area contributed by atoms with E-state index in [2.05, 4.69) is 10.0 Å². The lowest BCUT2D eigenvalue weighted by molar-refractivity contribution is -0.118. The van der Waals surface area contributed by atoms with Crippen molar-refractivity contribution in [2.24, 2.45) is 10.8 Å². The van der Waals surface area contributed by atoms with Gasteiger partial charge in [-0.25, -0.2) is 0 Å². The summed E-state index contributed by atoms with van der Waals surface area (Å²) in [5, 5.41) is 3.37. The van der Waals surface area contributed by atoms with Gasteiger partial charge >= 0.3 is 0 Å². The topological polar surface area (TPSA) is 91.9 Å². The molecule has 1 unspecified atom stereocenters. The zero-order valence-corrected chi connectivity index (χ0v) is 5.82. The van der Waals surface area contributed by atoms with Gasteiger partial charge in [0.25, 0.3) is 0 Å². The van der Waals surface area contributed by atoms with Gasteiger partial charge in [-0.15, -0.1) is 0 Å². The first kappa shape index (κ1) is 8.78. The van der Waals surface area contributed by atoms with E-state index in [4.69, 9.17) is 11.3 Å². The van der Waals surface area contributed by atoms with Gasteiger partial charge < -0.3 is 5.73 Å². The minimum absolute atomic E-state index is 0.141. The Morgan fingerprint density at radius 3 is 2.90 bits per heavy atom. The van der Waals surface area contributed by atoms with E-state index in [1.165, 1.54) is 0 Å². The van der Waals surface area contributed by atoms with Crippen LogP contribution < -0.4 is 5.73 Å². The largest absolute Gasteiger partial charge is 0.370 e. The quantitative estimate of drug-likeness (QED) is 0.353. The Labute approximate surface area is 58.8 Å². The molecular formula is C5H10N4O. The van der Waals surface area contributed by atoms with Gasteiger partial charge in [0.2, 0.25) is 5.91 Å². The normalized spacial score (nSPS) is 11.7. The third-order valence-corrected chi connectivity index (χ3v) is 1.06. The van der Waals surface area contributed by atoms with E-state index in [9.17, 15) is 4.79 Å². The van der Waals surface area contributed by atoms with Crippen molar-refractivity contribution in [1.29, 1.82) is 0 Å². The van der Waals surface area contributed by atoms with Crippen LogP contribution in [0.5, 0.6) is 0 Å². The maximum absolute atomic E-state index is 10.2. The number of nitrogens with two attached hydrogens (primary N) is 1. The molecule has 0 aliphatic heterocycles. The number of amides is 1. The van der Waals surface area contributed by atoms with Crippen LogP contribution in [-0.2, 0) is 4.79 Å². The average molecular weight is 142 g/mol. The number of hydrogen-bond acceptors (Lipinski definition) is 2. The molecule has 0 aromatic carbocycles. The highest BCUT2D eigenvalue weighted by Gasteiger charge is 2.00. The van der Waals surface area contributed by atoms with E-state index >= 15 is 0 Å². The van der Waals surface area contributed by atoms with Crippen molar-refractivity contribution in [2.75, 3.05) is 0 Å². The van der Waals surface area contributed by atoms with Crippen molar-refractivity contribution in [2.45, 2.75) is 25.8 Å². The van der Waals surface area contributed by atoms with Crippen LogP contribution in [0.25, 0.3) is 10.4 Å². The van der Waals surface area contributed by atoms with Gasteiger partial charge in [-0.05, 0) is 12.0 Å². The van der Waals surface area contributed by atoms with Gasteiger partial charge in [0.15, 0.2) is 0 Å². The molecule has 0 spiro atoms. The van der Waals surface area contributed by atoms with Crippen LogP contribution in [0.4, 0.5) is 0 Å². The summed E-state index contributed by atoms with van der Waals surface area (Å²) >= 11 is 0. The standard InChI is InChI=1S/C5H10N4O/c1-4(8-9-7)2-3-5(6)10/h4H,2-3H2,1H3,(H2,6,10). The molecule has 2 N–H and O–H groups in total. The predicted octanol–water partition coefficient (Wildman–Crippen LogP) is 0.951. The molecule has 56 valence electrons. The molecule has 0 aliphatic rings. The fourth-order valence-corrected chi connectivity index (χ4v) is 0.497. The Bertz CT molecular complexity index is 161. The zero-order chi connectivity index (χ0) is 7.98. The number of nitrogens with zero attached hydrogens (tertiary/aromatic N) is 3. The van der Waals surface area contributed by atoms with E-state index in [1.54, 1.807) is 6.92 Å². The van der Waals surface area contributed by atoms with E-state index in [0.29, 0.717) is 6.42 Å². The monoisotopic (exact) mass is 142 g/mol. The van der Waals surface area contributed by atoms with Crippen molar-refractivity contribution < 1.29 is 4.79 Å². The van der Waals surface area contributed by atoms with Crippen molar-refractivity contribution in [3.63, 3.8) is 0 Å². The first-order chi connectivity index (χ1) is 4.66. The average Bonchev–Trinajstić information content (AvgIpc) is 1.85. The summed E-state index contributed by atoms with van der Waals surface area (Å²) in [7, 11) is 0. The first-order valence-corrected chi connectivity index (χ1v) is 2.99. The molecule has 1 atom stereocenters. The molecule has 1 amide bonds. The number of carbonyl (C=O) groups excluding carboxylic acids is 1. The Hall–Kier alpha value is -1.22. The Morgan fingerprint density at radius 2 is 2.50 bits per heavy atom. The number of hydrogen-bond donors (Lipinski definition) is 1. The lowest BCUT2D eigenvalue weighted by Crippen LogP contribution is -2.12. The smallest absolute Gasteiger partial charge is 0.217 e. The summed E-state index contributed by atoms with van der Waals surface area (Å²) in [6, 6.07) is -0.141. The molecule has 0 aromatic heterocycles. The summed E-state index contributed by atoms with van der Waals surface area (Å²) in [6.07, 6.45) is 0.805. The fourth-order valence-electron chi connectivity index (χ4n) is 0.497. The minimum Gasteiger partial charge on any atom is -0.370 e. The number of primary amides is 1. The van der Waals surface area contributed by atoms with E-state index < -0.39 is 0 Å². The summed E-state index contributed by atoms with van der Waals surface area (Å²) in [4.78, 5) is 12.8. The number of carbonyl (C=O) groups is 1. The summed E-state index contributed by atoms with van der Waals surface area (Å²) < 4.78 is 0. The van der Waals surface area contributed by atoms with Crippen LogP contribution in [0.15, 0.2) is 5.11 Å². The highest BCUT2D eigenvalue weighted by molar-refractivity contribution is 5.73. The van der Waals surface area contributed by atoms with Crippen molar-refractivity contribution in [3.05, 3.63) is 10.4 Å². The number of rotatable bonds is 4. The third kappa shape index (κ3) is 4.93. The van der Waals surface area contributed by atoms with Crippen LogP contribution in [0.2, 0.25) is 0 Å². The van der Waals surface area contributed by atoms with Gasteiger partial charge in [0.1, 0.15) is 0 Å². The molecule has 5 nitrogen and oxygen atoms in total. The van der Waals surface area contributed by atoms with Crippen LogP contribution in [-0.4, -0.2) is 11.9 Å². The lowest BCUT2D eigenvalue weighted by atomic mass is 10.2. The van der Waals surface area contributed by atoms with Gasteiger partial charge in [-0.1, -0.05) is 12.0 Å². The summed E-state index contributed by atoms with van der Waals surface area (Å²) in [5.41, 5.74) is 12.8. The molecular weight excluding hydrogens is 132 g/mol. The molecule has 0 saturated carbocycles. The van der Waals surface area contributed by atoms with Crippen LogP contribution in [0.3, 0.4) is 0 Å². The van der Waals surface area contributed by atoms with E-state index in [0.717, 1.165) is 0 Å². The van der Waals surface area contributed by atoms with Gasteiger partial charge in [0, 0.05) is 17.4 Å². The molecule has 0 heterocycles. The maximum atomic E-state index is 10.2. The van der Waals surface area contributed by atoms with Crippen LogP contribution in [0, 0.1) is 0 Å². The van der Waals surface area contributed by atoms with Crippen molar-refractivity contribution in [1.82, 2.24) is 0 Å².